The van der Waals surface area contributed by atoms with Crippen LogP contribution in [0.3, 0.4) is 0 Å². The summed E-state index contributed by atoms with van der Waals surface area (Å²) >= 11 is 12.0. The van der Waals surface area contributed by atoms with Gasteiger partial charge in [-0.2, -0.15) is 13.2 Å². The Bertz CT molecular complexity index is 951. The van der Waals surface area contributed by atoms with Crippen molar-refractivity contribution < 1.29 is 27.6 Å². The fourth-order valence-corrected chi connectivity index (χ4v) is 3.33. The molecule has 0 N–H and O–H groups in total. The minimum atomic E-state index is -4.45. The maximum absolute atomic E-state index is 12.9. The Hall–Kier alpha value is -2.36. The monoisotopic (exact) mass is 448 g/mol. The highest BCUT2D eigenvalue weighted by molar-refractivity contribution is 6.44. The lowest BCUT2D eigenvalue weighted by atomic mass is 10.0. The van der Waals surface area contributed by atoms with Crippen LogP contribution in [0.4, 0.5) is 18.9 Å². The predicted octanol–water partition coefficient (Wildman–Crippen LogP) is 5.13. The van der Waals surface area contributed by atoms with Gasteiger partial charge in [-0.1, -0.05) is 35.3 Å². The quantitative estimate of drug-likeness (QED) is 0.481. The van der Waals surface area contributed by atoms with Crippen LogP contribution in [0.2, 0.25) is 10.0 Å². The molecule has 3 rings (SSSR count). The second kappa shape index (κ2) is 8.17. The molecule has 1 fully saturated rings. The van der Waals surface area contributed by atoms with Gasteiger partial charge in [0.25, 0.3) is 11.6 Å². The fraction of sp³-hybridized carbons (Fsp3) is 0.278. The number of alkyl halides is 3. The summed E-state index contributed by atoms with van der Waals surface area (Å²) in [6.45, 7) is 0.366. The number of rotatable bonds is 3. The summed E-state index contributed by atoms with van der Waals surface area (Å²) in [5, 5.41) is 10.8. The summed E-state index contributed by atoms with van der Waals surface area (Å²) in [6.07, 6.45) is -5.10. The second-order valence-corrected chi connectivity index (χ2v) is 7.06. The molecule has 1 aliphatic heterocycles. The van der Waals surface area contributed by atoms with Crippen LogP contribution in [-0.4, -0.2) is 35.4 Å². The van der Waals surface area contributed by atoms with E-state index < -0.39 is 28.7 Å². The fourth-order valence-electron chi connectivity index (χ4n) is 2.93. The average molecular weight is 449 g/mol. The molecule has 2 aromatic rings. The van der Waals surface area contributed by atoms with Crippen LogP contribution in [0.15, 0.2) is 36.4 Å². The SMILES string of the molecule is O=C(c1cc([N+](=O)[O-])cc(Cl)c1Cl)N1CCO[C@@H](c2ccc(C(F)(F)F)cc2)C1. The molecule has 0 radical (unpaired) electrons. The van der Waals surface area contributed by atoms with Gasteiger partial charge in [0, 0.05) is 18.7 Å². The molecule has 11 heteroatoms. The van der Waals surface area contributed by atoms with E-state index in [0.29, 0.717) is 5.56 Å². The molecule has 0 bridgehead atoms. The number of morpholine rings is 1. The van der Waals surface area contributed by atoms with Crippen molar-refractivity contribution >= 4 is 34.8 Å². The third-order valence-corrected chi connectivity index (χ3v) is 5.22. The highest BCUT2D eigenvalue weighted by Crippen LogP contribution is 2.34. The molecule has 6 nitrogen and oxygen atoms in total. The predicted molar refractivity (Wildman–Crippen MR) is 99.2 cm³/mol. The minimum Gasteiger partial charge on any atom is -0.370 e. The van der Waals surface area contributed by atoms with E-state index in [1.165, 1.54) is 17.0 Å². The standard InChI is InChI=1S/C18H13Cl2F3N2O4/c19-14-8-12(25(27)28)7-13(16(14)20)17(26)24-5-6-29-15(9-24)10-1-3-11(4-2-10)18(21,22)23/h1-4,7-8,15H,5-6,9H2/t15-/m1/s1. The number of carbonyl (C=O) groups is 1. The van der Waals surface area contributed by atoms with E-state index in [4.69, 9.17) is 27.9 Å². The lowest BCUT2D eigenvalue weighted by molar-refractivity contribution is -0.384. The molecule has 1 heterocycles. The van der Waals surface area contributed by atoms with Crippen molar-refractivity contribution in [1.29, 1.82) is 0 Å². The number of carbonyl (C=O) groups excluding carboxylic acids is 1. The number of nitro benzene ring substituents is 1. The molecule has 0 unspecified atom stereocenters. The smallest absolute Gasteiger partial charge is 0.370 e. The van der Waals surface area contributed by atoms with Gasteiger partial charge in [-0.05, 0) is 17.7 Å². The van der Waals surface area contributed by atoms with Crippen LogP contribution in [-0.2, 0) is 10.9 Å². The van der Waals surface area contributed by atoms with Gasteiger partial charge in [0.2, 0.25) is 0 Å². The minimum absolute atomic E-state index is 0.0425. The van der Waals surface area contributed by atoms with Gasteiger partial charge in [-0.25, -0.2) is 0 Å². The van der Waals surface area contributed by atoms with Gasteiger partial charge in [0.1, 0.15) is 6.10 Å². The topological polar surface area (TPSA) is 72.7 Å². The van der Waals surface area contributed by atoms with Crippen LogP contribution in [0, 0.1) is 10.1 Å². The Morgan fingerprint density at radius 1 is 1.21 bits per heavy atom. The largest absolute Gasteiger partial charge is 0.416 e. The molecular formula is C18H13Cl2F3N2O4. The van der Waals surface area contributed by atoms with Crippen LogP contribution < -0.4 is 0 Å². The zero-order valence-corrected chi connectivity index (χ0v) is 16.1. The Kier molecular flexibility index (Phi) is 6.02. The van der Waals surface area contributed by atoms with Crippen LogP contribution in [0.25, 0.3) is 0 Å². The van der Waals surface area contributed by atoms with Gasteiger partial charge in [-0.15, -0.1) is 0 Å². The van der Waals surface area contributed by atoms with Gasteiger partial charge in [0.15, 0.2) is 0 Å². The molecule has 154 valence electrons. The van der Waals surface area contributed by atoms with Crippen molar-refractivity contribution in [3.8, 4) is 0 Å². The summed E-state index contributed by atoms with van der Waals surface area (Å²) in [7, 11) is 0. The van der Waals surface area contributed by atoms with Crippen molar-refractivity contribution in [3.05, 3.63) is 73.2 Å². The lowest BCUT2D eigenvalue weighted by Gasteiger charge is -2.33. The summed E-state index contributed by atoms with van der Waals surface area (Å²) in [5.74, 6) is -0.583. The van der Waals surface area contributed by atoms with Gasteiger partial charge < -0.3 is 9.64 Å². The number of hydrogen-bond donors (Lipinski definition) is 0. The van der Waals surface area contributed by atoms with E-state index in [-0.39, 0.29) is 41.0 Å². The molecule has 1 aliphatic rings. The third-order valence-electron chi connectivity index (χ3n) is 4.42. The van der Waals surface area contributed by atoms with E-state index in [0.717, 1.165) is 24.3 Å². The van der Waals surface area contributed by atoms with Crippen LogP contribution >= 0.6 is 23.2 Å². The summed E-state index contributed by atoms with van der Waals surface area (Å²) in [4.78, 5) is 24.6. The number of nitro groups is 1. The van der Waals surface area contributed by atoms with Crippen molar-refractivity contribution in [3.63, 3.8) is 0 Å². The van der Waals surface area contributed by atoms with Crippen molar-refractivity contribution in [2.45, 2.75) is 12.3 Å². The van der Waals surface area contributed by atoms with Gasteiger partial charge >= 0.3 is 6.18 Å². The van der Waals surface area contributed by atoms with Gasteiger partial charge in [0.05, 0.1) is 39.2 Å². The van der Waals surface area contributed by atoms with E-state index in [2.05, 4.69) is 0 Å². The van der Waals surface area contributed by atoms with E-state index >= 15 is 0 Å². The molecule has 29 heavy (non-hydrogen) atoms. The Morgan fingerprint density at radius 2 is 1.86 bits per heavy atom. The summed E-state index contributed by atoms with van der Waals surface area (Å²) in [6, 6.07) is 6.55. The van der Waals surface area contributed by atoms with Crippen LogP contribution in [0.5, 0.6) is 0 Å². The first-order chi connectivity index (χ1) is 13.6. The van der Waals surface area contributed by atoms with E-state index in [1.807, 2.05) is 0 Å². The number of halogens is 5. The van der Waals surface area contributed by atoms with Crippen molar-refractivity contribution in [2.24, 2.45) is 0 Å². The normalized spacial score (nSPS) is 17.3. The van der Waals surface area contributed by atoms with Crippen molar-refractivity contribution in [2.75, 3.05) is 19.7 Å². The van der Waals surface area contributed by atoms with E-state index in [1.54, 1.807) is 0 Å². The maximum atomic E-state index is 12.9. The molecule has 1 saturated heterocycles. The first-order valence-electron chi connectivity index (χ1n) is 8.29. The molecule has 0 aliphatic carbocycles. The zero-order chi connectivity index (χ0) is 21.3. The zero-order valence-electron chi connectivity index (χ0n) is 14.6. The molecule has 0 spiro atoms. The van der Waals surface area contributed by atoms with Crippen LogP contribution in [0.1, 0.15) is 27.6 Å². The first kappa shape index (κ1) is 21.4. The number of non-ortho nitro benzene ring substituents is 1. The summed E-state index contributed by atoms with van der Waals surface area (Å²) < 4.78 is 43.7. The molecule has 0 saturated carbocycles. The Labute approximate surface area is 172 Å². The number of ether oxygens (including phenoxy) is 1. The molecule has 1 amide bonds. The summed E-state index contributed by atoms with van der Waals surface area (Å²) in [5.41, 5.74) is -0.823. The lowest BCUT2D eigenvalue weighted by Crippen LogP contribution is -2.42. The van der Waals surface area contributed by atoms with E-state index in [9.17, 15) is 28.1 Å². The molecule has 1 atom stereocenters. The second-order valence-electron chi connectivity index (χ2n) is 6.28. The third kappa shape index (κ3) is 4.63. The number of hydrogen-bond acceptors (Lipinski definition) is 4. The molecule has 0 aromatic heterocycles. The highest BCUT2D eigenvalue weighted by Gasteiger charge is 2.32. The number of benzene rings is 2. The van der Waals surface area contributed by atoms with Crippen molar-refractivity contribution in [1.82, 2.24) is 4.90 Å². The number of nitrogens with zero attached hydrogens (tertiary/aromatic N) is 2. The highest BCUT2D eigenvalue weighted by atomic mass is 35.5. The Balaban J connectivity index is 1.82. The average Bonchev–Trinajstić information content (AvgIpc) is 2.69. The molecular weight excluding hydrogens is 436 g/mol. The first-order valence-corrected chi connectivity index (χ1v) is 9.05. The maximum Gasteiger partial charge on any atom is 0.416 e. The number of amides is 1. The van der Waals surface area contributed by atoms with Gasteiger partial charge in [-0.3, -0.25) is 14.9 Å². The molecule has 2 aromatic carbocycles. The Morgan fingerprint density at radius 3 is 2.45 bits per heavy atom.